The molecule has 0 aliphatic carbocycles. The lowest BCUT2D eigenvalue weighted by atomic mass is 9.96. The summed E-state index contributed by atoms with van der Waals surface area (Å²) in [5.41, 5.74) is 5.49. The molecule has 7 heteroatoms. The fourth-order valence-electron chi connectivity index (χ4n) is 4.28. The number of aldehydes is 1. The van der Waals surface area contributed by atoms with Gasteiger partial charge in [-0.25, -0.2) is 4.98 Å². The van der Waals surface area contributed by atoms with Crippen molar-refractivity contribution < 1.29 is 14.3 Å². The Hall–Kier alpha value is -3.84. The van der Waals surface area contributed by atoms with Crippen LogP contribution in [0, 0.1) is 0 Å². The minimum atomic E-state index is -0.473. The van der Waals surface area contributed by atoms with E-state index in [9.17, 15) is 4.79 Å². The molecule has 7 nitrogen and oxygen atoms in total. The number of carbonyl (C=O) groups excluding carboxylic acids is 1. The van der Waals surface area contributed by atoms with Crippen LogP contribution in [-0.4, -0.2) is 44.7 Å². The molecule has 0 radical (unpaired) electrons. The monoisotopic (exact) mass is 442 g/mol. The highest BCUT2D eigenvalue weighted by Crippen LogP contribution is 2.36. The van der Waals surface area contributed by atoms with E-state index in [0.29, 0.717) is 5.82 Å². The van der Waals surface area contributed by atoms with Crippen molar-refractivity contribution in [1.82, 2.24) is 10.3 Å². The van der Waals surface area contributed by atoms with Crippen molar-refractivity contribution in [3.05, 3.63) is 71.9 Å². The van der Waals surface area contributed by atoms with Crippen LogP contribution in [0.3, 0.4) is 0 Å². The Morgan fingerprint density at radius 2 is 1.94 bits per heavy atom. The highest BCUT2D eigenvalue weighted by Gasteiger charge is 2.23. The van der Waals surface area contributed by atoms with Gasteiger partial charge in [-0.1, -0.05) is 12.1 Å². The Labute approximate surface area is 193 Å². The number of nitrogens with one attached hydrogen (secondary N) is 2. The van der Waals surface area contributed by atoms with E-state index in [4.69, 9.17) is 14.5 Å². The summed E-state index contributed by atoms with van der Waals surface area (Å²) in [6, 6.07) is 17.6. The predicted octanol–water partition coefficient (Wildman–Crippen LogP) is 4.15. The summed E-state index contributed by atoms with van der Waals surface area (Å²) >= 11 is 0. The number of carbonyl (C=O) groups is 1. The van der Waals surface area contributed by atoms with Gasteiger partial charge >= 0.3 is 0 Å². The van der Waals surface area contributed by atoms with Crippen molar-refractivity contribution in [2.24, 2.45) is 0 Å². The normalized spacial score (nSPS) is 17.1. The predicted molar refractivity (Wildman–Crippen MR) is 130 cm³/mol. The molecule has 2 aromatic carbocycles. The number of ether oxygens (including phenoxy) is 2. The third-order valence-corrected chi connectivity index (χ3v) is 5.97. The molecule has 0 spiro atoms. The number of pyridine rings is 1. The van der Waals surface area contributed by atoms with Gasteiger partial charge in [0, 0.05) is 35.6 Å². The second-order valence-corrected chi connectivity index (χ2v) is 7.94. The number of hydrogen-bond acceptors (Lipinski definition) is 7. The van der Waals surface area contributed by atoms with E-state index < -0.39 is 6.04 Å². The van der Waals surface area contributed by atoms with Gasteiger partial charge in [0.1, 0.15) is 23.9 Å². The van der Waals surface area contributed by atoms with Gasteiger partial charge in [0.2, 0.25) is 0 Å². The van der Waals surface area contributed by atoms with Crippen molar-refractivity contribution in [2.75, 3.05) is 43.6 Å². The van der Waals surface area contributed by atoms with Crippen molar-refractivity contribution in [3.8, 4) is 17.0 Å². The maximum Gasteiger partial charge on any atom is 0.146 e. The zero-order chi connectivity index (χ0) is 22.6. The third kappa shape index (κ3) is 4.27. The molecule has 2 aliphatic heterocycles. The molecule has 1 fully saturated rings. The minimum absolute atomic E-state index is 0.473. The van der Waals surface area contributed by atoms with Crippen LogP contribution in [0.5, 0.6) is 5.75 Å². The standard InChI is InChI=1S/C26H26N4O3/c1-32-24-5-3-2-4-21(24)22-16-18-10-11-27-23(17-31)25(18)26(29-22)28-19-6-8-20(9-7-19)30-12-14-33-15-13-30/h2-11,16-17,23,27H,12-15H2,1H3,(H,28,29). The van der Waals surface area contributed by atoms with Crippen LogP contribution in [0.15, 0.2) is 60.8 Å². The number of fused-ring (bicyclic) bond motifs is 1. The second-order valence-electron chi connectivity index (χ2n) is 7.94. The molecule has 168 valence electrons. The molecule has 1 aromatic heterocycles. The summed E-state index contributed by atoms with van der Waals surface area (Å²) in [6.07, 6.45) is 4.66. The molecular formula is C26H26N4O3. The van der Waals surface area contributed by atoms with Gasteiger partial charge in [-0.15, -0.1) is 0 Å². The number of rotatable bonds is 6. The van der Waals surface area contributed by atoms with Gasteiger partial charge in [-0.3, -0.25) is 0 Å². The molecular weight excluding hydrogens is 416 g/mol. The number of anilines is 3. The lowest BCUT2D eigenvalue weighted by Gasteiger charge is -2.29. The average Bonchev–Trinajstić information content (AvgIpc) is 2.89. The molecule has 0 amide bonds. The molecule has 2 N–H and O–H groups in total. The van der Waals surface area contributed by atoms with Crippen LogP contribution in [-0.2, 0) is 9.53 Å². The van der Waals surface area contributed by atoms with Gasteiger partial charge in [-0.05, 0) is 60.3 Å². The van der Waals surface area contributed by atoms with Crippen LogP contribution in [0.25, 0.3) is 17.3 Å². The SMILES string of the molecule is COc1ccccc1-c1cc2c(c(Nc3ccc(N4CCOCC4)cc3)n1)C(C=O)NC=C2. The van der Waals surface area contributed by atoms with Crippen LogP contribution in [0.2, 0.25) is 0 Å². The quantitative estimate of drug-likeness (QED) is 0.556. The van der Waals surface area contributed by atoms with Crippen molar-refractivity contribution in [3.63, 3.8) is 0 Å². The molecule has 0 bridgehead atoms. The summed E-state index contributed by atoms with van der Waals surface area (Å²) in [6.45, 7) is 3.28. The largest absolute Gasteiger partial charge is 0.496 e. The molecule has 3 heterocycles. The van der Waals surface area contributed by atoms with Crippen molar-refractivity contribution in [2.45, 2.75) is 6.04 Å². The van der Waals surface area contributed by atoms with E-state index in [1.165, 1.54) is 0 Å². The molecule has 0 saturated carbocycles. The molecule has 1 atom stereocenters. The lowest BCUT2D eigenvalue weighted by molar-refractivity contribution is -0.109. The van der Waals surface area contributed by atoms with Crippen LogP contribution in [0.4, 0.5) is 17.2 Å². The molecule has 33 heavy (non-hydrogen) atoms. The molecule has 1 unspecified atom stereocenters. The first-order valence-corrected chi connectivity index (χ1v) is 11.0. The molecule has 2 aliphatic rings. The summed E-state index contributed by atoms with van der Waals surface area (Å²) in [4.78, 5) is 19.0. The highest BCUT2D eigenvalue weighted by atomic mass is 16.5. The molecule has 3 aromatic rings. The number of aromatic nitrogens is 1. The highest BCUT2D eigenvalue weighted by molar-refractivity contribution is 5.81. The van der Waals surface area contributed by atoms with E-state index in [1.807, 2.05) is 48.5 Å². The fraction of sp³-hybridized carbons (Fsp3) is 0.231. The van der Waals surface area contributed by atoms with Gasteiger partial charge in [-0.2, -0.15) is 0 Å². The van der Waals surface area contributed by atoms with E-state index in [1.54, 1.807) is 13.3 Å². The Balaban J connectivity index is 1.53. The van der Waals surface area contributed by atoms with Crippen LogP contribution < -0.4 is 20.3 Å². The number of para-hydroxylation sites is 1. The summed E-state index contributed by atoms with van der Waals surface area (Å²) in [7, 11) is 1.65. The summed E-state index contributed by atoms with van der Waals surface area (Å²) in [5, 5.41) is 6.56. The number of nitrogens with zero attached hydrogens (tertiary/aromatic N) is 2. The third-order valence-electron chi connectivity index (χ3n) is 5.97. The number of morpholine rings is 1. The van der Waals surface area contributed by atoms with E-state index >= 15 is 0 Å². The zero-order valence-corrected chi connectivity index (χ0v) is 18.5. The van der Waals surface area contributed by atoms with Crippen LogP contribution in [0.1, 0.15) is 17.2 Å². The second kappa shape index (κ2) is 9.34. The molecule has 5 rings (SSSR count). The smallest absolute Gasteiger partial charge is 0.146 e. The van der Waals surface area contributed by atoms with Crippen molar-refractivity contribution >= 4 is 29.6 Å². The maximum absolute atomic E-state index is 11.8. The van der Waals surface area contributed by atoms with Crippen molar-refractivity contribution in [1.29, 1.82) is 0 Å². The fourth-order valence-corrected chi connectivity index (χ4v) is 4.28. The Morgan fingerprint density at radius 3 is 2.70 bits per heavy atom. The zero-order valence-electron chi connectivity index (χ0n) is 18.5. The minimum Gasteiger partial charge on any atom is -0.496 e. The van der Waals surface area contributed by atoms with Gasteiger partial charge in [0.05, 0.1) is 26.0 Å². The van der Waals surface area contributed by atoms with E-state index in [0.717, 1.165) is 72.1 Å². The topological polar surface area (TPSA) is 75.7 Å². The maximum atomic E-state index is 11.8. The average molecular weight is 443 g/mol. The first-order chi connectivity index (χ1) is 16.3. The Bertz CT molecular complexity index is 1170. The first-order valence-electron chi connectivity index (χ1n) is 11.0. The van der Waals surface area contributed by atoms with E-state index in [-0.39, 0.29) is 0 Å². The Morgan fingerprint density at radius 1 is 1.15 bits per heavy atom. The number of hydrogen-bond donors (Lipinski definition) is 2. The Kier molecular flexibility index (Phi) is 5.95. The van der Waals surface area contributed by atoms with Gasteiger partial charge in [0.25, 0.3) is 0 Å². The van der Waals surface area contributed by atoms with Gasteiger partial charge in [0.15, 0.2) is 0 Å². The molecule has 1 saturated heterocycles. The number of methoxy groups -OCH3 is 1. The first kappa shape index (κ1) is 21.0. The summed E-state index contributed by atoms with van der Waals surface area (Å²) < 4.78 is 11.0. The summed E-state index contributed by atoms with van der Waals surface area (Å²) in [5.74, 6) is 1.39. The van der Waals surface area contributed by atoms with Crippen LogP contribution >= 0.6 is 0 Å². The lowest BCUT2D eigenvalue weighted by Crippen LogP contribution is -2.36. The van der Waals surface area contributed by atoms with Gasteiger partial charge < -0.3 is 29.8 Å². The van der Waals surface area contributed by atoms with E-state index in [2.05, 4.69) is 27.7 Å². The number of benzene rings is 2.